The SMILES string of the molecule is O=C(OC[C@@H]1C[C@]12O[C@@H](O)[C@@H](O)C2O)c1ccccc1. The second kappa shape index (κ2) is 4.82. The molecule has 20 heavy (non-hydrogen) atoms. The number of hydrogen-bond acceptors (Lipinski definition) is 6. The topological polar surface area (TPSA) is 96.2 Å². The number of carbonyl (C=O) groups excluding carboxylic acids is 1. The minimum absolute atomic E-state index is 0.0875. The molecule has 0 bridgehead atoms. The summed E-state index contributed by atoms with van der Waals surface area (Å²) in [6.45, 7) is 0.0875. The second-order valence-corrected chi connectivity index (χ2v) is 5.26. The lowest BCUT2D eigenvalue weighted by molar-refractivity contribution is -0.137. The van der Waals surface area contributed by atoms with Crippen LogP contribution >= 0.6 is 0 Å². The van der Waals surface area contributed by atoms with Gasteiger partial charge >= 0.3 is 5.97 Å². The molecule has 6 nitrogen and oxygen atoms in total. The number of benzene rings is 1. The third-order valence-corrected chi connectivity index (χ3v) is 3.98. The Balaban J connectivity index is 1.56. The van der Waals surface area contributed by atoms with Gasteiger partial charge in [0.05, 0.1) is 12.2 Å². The fourth-order valence-electron chi connectivity index (χ4n) is 2.68. The molecule has 1 saturated heterocycles. The van der Waals surface area contributed by atoms with Crippen LogP contribution in [0.1, 0.15) is 16.8 Å². The van der Waals surface area contributed by atoms with Crippen LogP contribution in [0.5, 0.6) is 0 Å². The molecule has 2 fully saturated rings. The van der Waals surface area contributed by atoms with Gasteiger partial charge in [-0.1, -0.05) is 18.2 Å². The lowest BCUT2D eigenvalue weighted by atomic mass is 10.1. The second-order valence-electron chi connectivity index (χ2n) is 5.26. The Morgan fingerprint density at radius 3 is 2.60 bits per heavy atom. The third kappa shape index (κ3) is 2.10. The van der Waals surface area contributed by atoms with E-state index in [0.29, 0.717) is 12.0 Å². The van der Waals surface area contributed by atoms with E-state index in [0.717, 1.165) is 0 Å². The van der Waals surface area contributed by atoms with Crippen LogP contribution in [0.25, 0.3) is 0 Å². The summed E-state index contributed by atoms with van der Waals surface area (Å²) in [5.74, 6) is -0.654. The highest BCUT2D eigenvalue weighted by Gasteiger charge is 2.68. The van der Waals surface area contributed by atoms with Crippen LogP contribution in [0.15, 0.2) is 30.3 Å². The van der Waals surface area contributed by atoms with Crippen molar-refractivity contribution in [3.63, 3.8) is 0 Å². The number of rotatable bonds is 3. The molecule has 3 rings (SSSR count). The number of aliphatic hydroxyl groups excluding tert-OH is 3. The molecule has 0 radical (unpaired) electrons. The van der Waals surface area contributed by atoms with Crippen molar-refractivity contribution >= 4 is 5.97 Å². The quantitative estimate of drug-likeness (QED) is 0.656. The maximum atomic E-state index is 11.8. The van der Waals surface area contributed by atoms with Crippen LogP contribution in [0.4, 0.5) is 0 Å². The van der Waals surface area contributed by atoms with E-state index in [1.807, 2.05) is 0 Å². The van der Waals surface area contributed by atoms with Crippen LogP contribution in [-0.2, 0) is 9.47 Å². The van der Waals surface area contributed by atoms with Gasteiger partial charge in [-0.05, 0) is 18.6 Å². The average Bonchev–Trinajstić information content (AvgIpc) is 3.12. The van der Waals surface area contributed by atoms with E-state index in [9.17, 15) is 20.1 Å². The van der Waals surface area contributed by atoms with Crippen LogP contribution < -0.4 is 0 Å². The highest BCUT2D eigenvalue weighted by molar-refractivity contribution is 5.89. The zero-order valence-corrected chi connectivity index (χ0v) is 10.7. The van der Waals surface area contributed by atoms with E-state index in [1.54, 1.807) is 30.3 Å². The molecule has 1 aliphatic heterocycles. The van der Waals surface area contributed by atoms with Crippen molar-refractivity contribution in [2.75, 3.05) is 6.61 Å². The number of hydrogen-bond donors (Lipinski definition) is 3. The van der Waals surface area contributed by atoms with Crippen LogP contribution in [-0.4, -0.2) is 52.0 Å². The van der Waals surface area contributed by atoms with Crippen LogP contribution in [0.3, 0.4) is 0 Å². The molecular weight excluding hydrogens is 264 g/mol. The van der Waals surface area contributed by atoms with Crippen molar-refractivity contribution < 1.29 is 29.6 Å². The third-order valence-electron chi connectivity index (χ3n) is 3.98. The Bertz CT molecular complexity index is 504. The van der Waals surface area contributed by atoms with Crippen molar-refractivity contribution in [1.82, 2.24) is 0 Å². The molecule has 0 amide bonds. The van der Waals surface area contributed by atoms with Crippen molar-refractivity contribution in [3.8, 4) is 0 Å². The summed E-state index contributed by atoms with van der Waals surface area (Å²) in [6.07, 6.45) is -3.41. The zero-order chi connectivity index (χ0) is 14.3. The van der Waals surface area contributed by atoms with E-state index in [-0.39, 0.29) is 12.5 Å². The molecular formula is C14H16O6. The lowest BCUT2D eigenvalue weighted by Gasteiger charge is -2.14. The Morgan fingerprint density at radius 1 is 1.30 bits per heavy atom. The summed E-state index contributed by atoms with van der Waals surface area (Å²) >= 11 is 0. The predicted octanol–water partition coefficient (Wildman–Crippen LogP) is -0.328. The number of aliphatic hydroxyl groups is 3. The van der Waals surface area contributed by atoms with Crippen molar-refractivity contribution in [2.45, 2.75) is 30.5 Å². The van der Waals surface area contributed by atoms with E-state index in [4.69, 9.17) is 9.47 Å². The van der Waals surface area contributed by atoms with Crippen molar-refractivity contribution in [2.24, 2.45) is 5.92 Å². The van der Waals surface area contributed by atoms with E-state index in [1.165, 1.54) is 0 Å². The van der Waals surface area contributed by atoms with Crippen LogP contribution in [0.2, 0.25) is 0 Å². The summed E-state index contributed by atoms with van der Waals surface area (Å²) in [6, 6.07) is 8.59. The van der Waals surface area contributed by atoms with Gasteiger partial charge in [0.25, 0.3) is 0 Å². The zero-order valence-electron chi connectivity index (χ0n) is 10.7. The summed E-state index contributed by atoms with van der Waals surface area (Å²) < 4.78 is 10.4. The molecule has 1 saturated carbocycles. The molecule has 1 aromatic rings. The Kier molecular flexibility index (Phi) is 3.25. The fourth-order valence-corrected chi connectivity index (χ4v) is 2.68. The molecule has 0 aromatic heterocycles. The minimum Gasteiger partial charge on any atom is -0.462 e. The lowest BCUT2D eigenvalue weighted by Crippen LogP contribution is -2.35. The maximum Gasteiger partial charge on any atom is 0.338 e. The van der Waals surface area contributed by atoms with Gasteiger partial charge in [0, 0.05) is 5.92 Å². The first-order valence-electron chi connectivity index (χ1n) is 6.49. The van der Waals surface area contributed by atoms with Gasteiger partial charge in [0.15, 0.2) is 6.29 Å². The monoisotopic (exact) mass is 280 g/mol. The standard InChI is InChI=1S/C14H16O6/c15-10-11(16)14(20-13(10)18)6-9(14)7-19-12(17)8-4-2-1-3-5-8/h1-5,9-11,13,15-16,18H,6-7H2/t9-,10-,11?,13+,14-/m0/s1. The first-order chi connectivity index (χ1) is 9.54. The smallest absolute Gasteiger partial charge is 0.338 e. The molecule has 1 heterocycles. The van der Waals surface area contributed by atoms with Gasteiger partial charge in [0.1, 0.15) is 17.8 Å². The first-order valence-corrected chi connectivity index (χ1v) is 6.49. The summed E-state index contributed by atoms with van der Waals surface area (Å²) in [5.41, 5.74) is -0.523. The number of esters is 1. The Hall–Kier alpha value is -1.47. The van der Waals surface area contributed by atoms with Crippen molar-refractivity contribution in [3.05, 3.63) is 35.9 Å². The first kappa shape index (κ1) is 13.5. The largest absolute Gasteiger partial charge is 0.462 e. The van der Waals surface area contributed by atoms with E-state index in [2.05, 4.69) is 0 Å². The average molecular weight is 280 g/mol. The number of ether oxygens (including phenoxy) is 2. The summed E-state index contributed by atoms with van der Waals surface area (Å²) in [7, 11) is 0. The number of carbonyl (C=O) groups is 1. The molecule has 108 valence electrons. The van der Waals surface area contributed by atoms with Gasteiger partial charge < -0.3 is 24.8 Å². The molecule has 3 N–H and O–H groups in total. The van der Waals surface area contributed by atoms with E-state index < -0.39 is 30.1 Å². The molecule has 1 spiro atoms. The molecule has 1 aromatic carbocycles. The highest BCUT2D eigenvalue weighted by atomic mass is 16.7. The van der Waals surface area contributed by atoms with Gasteiger partial charge in [-0.25, -0.2) is 4.79 Å². The molecule has 2 aliphatic rings. The summed E-state index contributed by atoms with van der Waals surface area (Å²) in [4.78, 5) is 11.8. The van der Waals surface area contributed by atoms with Crippen molar-refractivity contribution in [1.29, 1.82) is 0 Å². The van der Waals surface area contributed by atoms with Gasteiger partial charge in [-0.3, -0.25) is 0 Å². The van der Waals surface area contributed by atoms with Gasteiger partial charge in [-0.15, -0.1) is 0 Å². The van der Waals surface area contributed by atoms with Gasteiger partial charge in [0.2, 0.25) is 0 Å². The maximum absolute atomic E-state index is 11.8. The fraction of sp³-hybridized carbons (Fsp3) is 0.500. The molecule has 1 aliphatic carbocycles. The van der Waals surface area contributed by atoms with E-state index >= 15 is 0 Å². The normalized spacial score (nSPS) is 39.0. The highest BCUT2D eigenvalue weighted by Crippen LogP contribution is 2.54. The van der Waals surface area contributed by atoms with Gasteiger partial charge in [-0.2, -0.15) is 0 Å². The molecule has 1 unspecified atom stereocenters. The summed E-state index contributed by atoms with van der Waals surface area (Å²) in [5, 5.41) is 28.7. The Labute approximate surface area is 115 Å². The Morgan fingerprint density at radius 2 is 2.00 bits per heavy atom. The van der Waals surface area contributed by atoms with Crippen LogP contribution in [0, 0.1) is 5.92 Å². The minimum atomic E-state index is -1.39. The predicted molar refractivity (Wildman–Crippen MR) is 66.7 cm³/mol. The molecule has 6 heteroatoms. The molecule has 5 atom stereocenters.